The highest BCUT2D eigenvalue weighted by atomic mass is 16.6. The van der Waals surface area contributed by atoms with Crippen molar-refractivity contribution in [2.45, 2.75) is 20.0 Å². The van der Waals surface area contributed by atoms with Gasteiger partial charge in [0.1, 0.15) is 11.4 Å². The Hall–Kier alpha value is -3.42. The van der Waals surface area contributed by atoms with Crippen molar-refractivity contribution in [3.63, 3.8) is 0 Å². The first-order valence-corrected chi connectivity index (χ1v) is 7.84. The van der Waals surface area contributed by atoms with Crippen LogP contribution in [0.1, 0.15) is 24.2 Å². The molecule has 0 aromatic heterocycles. The van der Waals surface area contributed by atoms with E-state index < -0.39 is 16.8 Å². The number of hydrogen-bond donors (Lipinski definition) is 1. The van der Waals surface area contributed by atoms with E-state index >= 15 is 0 Å². The predicted octanol–water partition coefficient (Wildman–Crippen LogP) is 3.18. The topological polar surface area (TPSA) is 108 Å². The third-order valence-corrected chi connectivity index (χ3v) is 3.18. The number of benzene rings is 2. The van der Waals surface area contributed by atoms with Gasteiger partial charge in [-0.25, -0.2) is 4.79 Å². The number of esters is 1. The number of para-hydroxylation sites is 2. The zero-order valence-corrected chi connectivity index (χ0v) is 14.3. The molecule has 2 aromatic carbocycles. The van der Waals surface area contributed by atoms with Crippen LogP contribution >= 0.6 is 0 Å². The average molecular weight is 358 g/mol. The van der Waals surface area contributed by atoms with Gasteiger partial charge in [-0.05, 0) is 44.2 Å². The fraction of sp³-hybridized carbons (Fsp3) is 0.222. The lowest BCUT2D eigenvalue weighted by Crippen LogP contribution is -2.20. The maximum Gasteiger partial charge on any atom is 0.338 e. The fourth-order valence-electron chi connectivity index (χ4n) is 2.04. The molecule has 8 nitrogen and oxygen atoms in total. The van der Waals surface area contributed by atoms with E-state index in [0.717, 1.165) is 0 Å². The number of nitrogens with one attached hydrogen (secondary N) is 1. The minimum Gasteiger partial charge on any atom is -0.484 e. The second kappa shape index (κ2) is 8.61. The lowest BCUT2D eigenvalue weighted by molar-refractivity contribution is -0.383. The van der Waals surface area contributed by atoms with Crippen molar-refractivity contribution in [2.75, 3.05) is 11.9 Å². The summed E-state index contributed by atoms with van der Waals surface area (Å²) in [5.41, 5.74) is 0.266. The van der Waals surface area contributed by atoms with E-state index in [-0.39, 0.29) is 24.1 Å². The van der Waals surface area contributed by atoms with E-state index in [4.69, 9.17) is 9.47 Å². The first-order chi connectivity index (χ1) is 12.4. The number of rotatable bonds is 7. The average Bonchev–Trinajstić information content (AvgIpc) is 2.60. The summed E-state index contributed by atoms with van der Waals surface area (Å²) in [5.74, 6) is -0.605. The van der Waals surface area contributed by atoms with Gasteiger partial charge in [0.15, 0.2) is 6.61 Å². The first kappa shape index (κ1) is 18.9. The van der Waals surface area contributed by atoms with Crippen molar-refractivity contribution in [1.82, 2.24) is 0 Å². The molecule has 0 saturated heterocycles. The van der Waals surface area contributed by atoms with Crippen molar-refractivity contribution in [3.05, 3.63) is 64.2 Å². The van der Waals surface area contributed by atoms with E-state index in [9.17, 15) is 19.7 Å². The van der Waals surface area contributed by atoms with E-state index in [0.29, 0.717) is 11.3 Å². The van der Waals surface area contributed by atoms with E-state index in [2.05, 4.69) is 5.32 Å². The van der Waals surface area contributed by atoms with Gasteiger partial charge in [0.05, 0.1) is 16.6 Å². The zero-order chi connectivity index (χ0) is 19.1. The van der Waals surface area contributed by atoms with Crippen molar-refractivity contribution in [3.8, 4) is 5.75 Å². The quantitative estimate of drug-likeness (QED) is 0.463. The van der Waals surface area contributed by atoms with Crippen LogP contribution in [-0.4, -0.2) is 29.5 Å². The van der Waals surface area contributed by atoms with Crippen LogP contribution < -0.4 is 10.1 Å². The normalized spacial score (nSPS) is 10.3. The fourth-order valence-corrected chi connectivity index (χ4v) is 2.04. The highest BCUT2D eigenvalue weighted by Crippen LogP contribution is 2.23. The van der Waals surface area contributed by atoms with Crippen LogP contribution in [0.2, 0.25) is 0 Å². The Morgan fingerprint density at radius 1 is 1.12 bits per heavy atom. The molecule has 26 heavy (non-hydrogen) atoms. The van der Waals surface area contributed by atoms with Gasteiger partial charge in [-0.1, -0.05) is 12.1 Å². The molecular formula is C18H18N2O6. The van der Waals surface area contributed by atoms with Gasteiger partial charge in [-0.3, -0.25) is 14.9 Å². The number of amides is 1. The Bertz CT molecular complexity index is 802. The molecule has 0 saturated carbocycles. The van der Waals surface area contributed by atoms with Crippen LogP contribution in [-0.2, 0) is 9.53 Å². The number of carbonyl (C=O) groups is 2. The molecule has 136 valence electrons. The van der Waals surface area contributed by atoms with Gasteiger partial charge < -0.3 is 14.8 Å². The number of nitro benzene ring substituents is 1. The van der Waals surface area contributed by atoms with Crippen LogP contribution in [0.3, 0.4) is 0 Å². The first-order valence-electron chi connectivity index (χ1n) is 7.84. The molecular weight excluding hydrogens is 340 g/mol. The minimum atomic E-state index is -0.578. The minimum absolute atomic E-state index is 0.0953. The molecule has 0 unspecified atom stereocenters. The van der Waals surface area contributed by atoms with Gasteiger partial charge in [0.25, 0.3) is 11.6 Å². The Kier molecular flexibility index (Phi) is 6.26. The molecule has 0 bridgehead atoms. The monoisotopic (exact) mass is 358 g/mol. The van der Waals surface area contributed by atoms with Crippen molar-refractivity contribution >= 4 is 23.3 Å². The van der Waals surface area contributed by atoms with E-state index in [1.165, 1.54) is 42.5 Å². The third kappa shape index (κ3) is 5.30. The summed E-state index contributed by atoms with van der Waals surface area (Å²) < 4.78 is 10.4. The molecule has 0 aliphatic rings. The van der Waals surface area contributed by atoms with Crippen molar-refractivity contribution in [1.29, 1.82) is 0 Å². The van der Waals surface area contributed by atoms with Crippen LogP contribution in [0.4, 0.5) is 11.4 Å². The van der Waals surface area contributed by atoms with Gasteiger partial charge in [0.2, 0.25) is 0 Å². The summed E-state index contributed by atoms with van der Waals surface area (Å²) >= 11 is 0. The Morgan fingerprint density at radius 2 is 1.77 bits per heavy atom. The van der Waals surface area contributed by atoms with E-state index in [1.54, 1.807) is 19.9 Å². The third-order valence-electron chi connectivity index (χ3n) is 3.18. The molecule has 0 fully saturated rings. The zero-order valence-electron chi connectivity index (χ0n) is 14.3. The van der Waals surface area contributed by atoms with Crippen molar-refractivity contribution < 1.29 is 24.0 Å². The van der Waals surface area contributed by atoms with Crippen molar-refractivity contribution in [2.24, 2.45) is 0 Å². The maximum atomic E-state index is 11.9. The Morgan fingerprint density at radius 3 is 2.38 bits per heavy atom. The summed E-state index contributed by atoms with van der Waals surface area (Å²) in [4.78, 5) is 34.0. The second-order valence-electron chi connectivity index (χ2n) is 5.59. The summed E-state index contributed by atoms with van der Waals surface area (Å²) in [6, 6.07) is 12.0. The highest BCUT2D eigenvalue weighted by molar-refractivity contribution is 5.94. The molecule has 0 aliphatic carbocycles. The summed E-state index contributed by atoms with van der Waals surface area (Å²) in [6.07, 6.45) is -0.218. The number of ether oxygens (including phenoxy) is 2. The lowest BCUT2D eigenvalue weighted by Gasteiger charge is -2.09. The molecule has 0 radical (unpaired) electrons. The smallest absolute Gasteiger partial charge is 0.338 e. The molecule has 1 amide bonds. The summed E-state index contributed by atoms with van der Waals surface area (Å²) in [6.45, 7) is 3.18. The Labute approximate surface area is 149 Å². The molecule has 0 spiro atoms. The van der Waals surface area contributed by atoms with Crippen LogP contribution in [0.15, 0.2) is 48.5 Å². The Balaban J connectivity index is 1.92. The largest absolute Gasteiger partial charge is 0.484 e. The van der Waals surface area contributed by atoms with Crippen LogP contribution in [0.5, 0.6) is 5.75 Å². The molecule has 8 heteroatoms. The number of nitro groups is 1. The molecule has 0 atom stereocenters. The second-order valence-corrected chi connectivity index (χ2v) is 5.59. The van der Waals surface area contributed by atoms with Crippen LogP contribution in [0, 0.1) is 10.1 Å². The summed E-state index contributed by atoms with van der Waals surface area (Å²) in [5, 5.41) is 13.4. The van der Waals surface area contributed by atoms with Gasteiger partial charge in [0, 0.05) is 6.07 Å². The molecule has 1 N–H and O–H groups in total. The summed E-state index contributed by atoms with van der Waals surface area (Å²) in [7, 11) is 0. The SMILES string of the molecule is CC(C)OC(=O)c1ccc(OCC(=O)Nc2ccccc2[N+](=O)[O-])cc1. The molecule has 0 heterocycles. The molecule has 2 rings (SSSR count). The molecule has 0 aliphatic heterocycles. The van der Waals surface area contributed by atoms with Gasteiger partial charge in [-0.15, -0.1) is 0 Å². The van der Waals surface area contributed by atoms with Gasteiger partial charge in [-0.2, -0.15) is 0 Å². The number of anilines is 1. The predicted molar refractivity (Wildman–Crippen MR) is 94.2 cm³/mol. The number of carbonyl (C=O) groups excluding carboxylic acids is 2. The maximum absolute atomic E-state index is 11.9. The van der Waals surface area contributed by atoms with Gasteiger partial charge >= 0.3 is 5.97 Å². The number of nitrogens with zero attached hydrogens (tertiary/aromatic N) is 1. The highest BCUT2D eigenvalue weighted by Gasteiger charge is 2.15. The molecule has 2 aromatic rings. The number of hydrogen-bond acceptors (Lipinski definition) is 6. The van der Waals surface area contributed by atoms with Crippen LogP contribution in [0.25, 0.3) is 0 Å². The lowest BCUT2D eigenvalue weighted by atomic mass is 10.2. The standard InChI is InChI=1S/C18H18N2O6/c1-12(2)26-18(22)13-7-9-14(10-8-13)25-11-17(21)19-15-5-3-4-6-16(15)20(23)24/h3-10,12H,11H2,1-2H3,(H,19,21). The van der Waals surface area contributed by atoms with E-state index in [1.807, 2.05) is 0 Å².